The molecular weight excluding hydrogens is 475 g/mol. The number of carbonyl (C=O) groups is 1. The average molecular weight is 511 g/mol. The van der Waals surface area contributed by atoms with E-state index in [0.717, 1.165) is 0 Å². The van der Waals surface area contributed by atoms with Crippen molar-refractivity contribution < 1.29 is 28.1 Å². The fourth-order valence-corrected chi connectivity index (χ4v) is 4.63. The monoisotopic (exact) mass is 510 g/mol. The highest BCUT2D eigenvalue weighted by Crippen LogP contribution is 2.50. The molecule has 0 aliphatic carbocycles. The molecule has 194 valence electrons. The summed E-state index contributed by atoms with van der Waals surface area (Å²) in [6.07, 6.45) is 6.65. The van der Waals surface area contributed by atoms with Crippen LogP contribution in [0.2, 0.25) is 0 Å². The lowest BCUT2D eigenvalue weighted by molar-refractivity contribution is -0.154. The smallest absolute Gasteiger partial charge is 0.330 e. The molecule has 35 heavy (non-hydrogen) atoms. The van der Waals surface area contributed by atoms with Crippen LogP contribution in [0.25, 0.3) is 0 Å². The van der Waals surface area contributed by atoms with E-state index in [2.05, 4.69) is 10.9 Å². The summed E-state index contributed by atoms with van der Waals surface area (Å²) in [4.78, 5) is 38.5. The van der Waals surface area contributed by atoms with Crippen molar-refractivity contribution >= 4 is 14.7 Å². The Balaban J connectivity index is 2.09. The number of terminal acetylenes is 1. The largest absolute Gasteiger partial charge is 0.463 e. The van der Waals surface area contributed by atoms with Crippen LogP contribution in [0.4, 0.5) is 0 Å². The maximum Gasteiger partial charge on any atom is 0.330 e. The number of esters is 1. The molecule has 1 fully saturated rings. The minimum Gasteiger partial charge on any atom is -0.463 e. The van der Waals surface area contributed by atoms with Crippen LogP contribution >= 0.6 is 8.69 Å². The minimum atomic E-state index is -0.944. The van der Waals surface area contributed by atoms with E-state index in [9.17, 15) is 18.9 Å². The lowest BCUT2D eigenvalue weighted by Crippen LogP contribution is -2.38. The molecule has 5 atom stereocenters. The predicted molar refractivity (Wildman–Crippen MR) is 129 cm³/mol. The normalized spacial score (nSPS) is 25.1. The molecule has 1 aromatic rings. The van der Waals surface area contributed by atoms with Crippen molar-refractivity contribution in [3.05, 3.63) is 33.1 Å². The van der Waals surface area contributed by atoms with Crippen LogP contribution in [-0.4, -0.2) is 47.5 Å². The van der Waals surface area contributed by atoms with Gasteiger partial charge in [0.2, 0.25) is 0 Å². The van der Waals surface area contributed by atoms with Crippen LogP contribution in [0.5, 0.6) is 0 Å². The van der Waals surface area contributed by atoms with Gasteiger partial charge in [-0.05, 0) is 39.5 Å². The van der Waals surface area contributed by atoms with Gasteiger partial charge >= 0.3 is 20.3 Å². The first-order valence-corrected chi connectivity index (χ1v) is 12.5. The number of H-pyrrole nitrogens is 1. The third-order valence-corrected chi connectivity index (χ3v) is 6.60. The molecule has 0 aromatic carbocycles. The third kappa shape index (κ3) is 7.34. The molecule has 0 amide bonds. The van der Waals surface area contributed by atoms with Gasteiger partial charge in [-0.25, -0.2) is 9.36 Å². The van der Waals surface area contributed by atoms with Gasteiger partial charge in [-0.3, -0.25) is 23.7 Å². The summed E-state index contributed by atoms with van der Waals surface area (Å²) < 4.78 is 34.5. The molecule has 0 radical (unpaired) electrons. The molecular formula is C24H35N2O8P. The summed E-state index contributed by atoms with van der Waals surface area (Å²) in [6, 6.07) is 1.22. The number of nitrogens with one attached hydrogen (secondary N) is 1. The van der Waals surface area contributed by atoms with Gasteiger partial charge in [-0.15, -0.1) is 6.42 Å². The summed E-state index contributed by atoms with van der Waals surface area (Å²) in [6.45, 7) is 10.1. The molecule has 1 unspecified atom stereocenters. The molecule has 1 N–H and O–H groups in total. The highest BCUT2D eigenvalue weighted by molar-refractivity contribution is 7.17. The fourth-order valence-electron chi connectivity index (χ4n) is 4.43. The first-order chi connectivity index (χ1) is 16.5. The van der Waals surface area contributed by atoms with E-state index in [1.54, 1.807) is 6.92 Å². The van der Waals surface area contributed by atoms with Crippen LogP contribution in [0.15, 0.2) is 21.9 Å². The van der Waals surface area contributed by atoms with Gasteiger partial charge in [0.15, 0.2) is 6.23 Å². The van der Waals surface area contributed by atoms with Gasteiger partial charge in [0.05, 0.1) is 30.1 Å². The summed E-state index contributed by atoms with van der Waals surface area (Å²) in [5.74, 6) is 2.08. The number of hydrogen-bond donors (Lipinski definition) is 1. The molecule has 2 rings (SSSR count). The molecule has 0 spiro atoms. The Labute approximate surface area is 207 Å². The lowest BCUT2D eigenvalue weighted by atomic mass is 9.74. The number of carbonyl (C=O) groups excluding carboxylic acids is 1. The molecule has 0 saturated carbocycles. The Hall–Kier alpha value is -2.31. The Bertz CT molecular complexity index is 1010. The number of nitrogens with zero attached hydrogens (tertiary/aromatic N) is 1. The van der Waals surface area contributed by atoms with Crippen LogP contribution in [0.1, 0.15) is 53.7 Å². The fraction of sp³-hybridized carbons (Fsp3) is 0.708. The third-order valence-electron chi connectivity index (χ3n) is 6.35. The minimum absolute atomic E-state index is 0.00192. The predicted octanol–water partition coefficient (Wildman–Crippen LogP) is 2.93. The standard InChI is InChI=1S/C24H35N2O8P/c1-7-24(6)18(10-13-31-12-9-17(15(2)3)21(28)33-16(4)5)19(14-32-35-30)34-22(24)26-11-8-20(27)25-23(26)29/h1,8,11,15-19,22H,9-10,12-14H2,2-6H3,(H,25,27,29)/t17?,18-,19-,22-,24-/m1/s1. The lowest BCUT2D eigenvalue weighted by Gasteiger charge is -2.31. The average Bonchev–Trinajstić information content (AvgIpc) is 3.05. The molecule has 10 nitrogen and oxygen atoms in total. The summed E-state index contributed by atoms with van der Waals surface area (Å²) >= 11 is 0. The number of rotatable bonds is 13. The summed E-state index contributed by atoms with van der Waals surface area (Å²) in [7, 11) is -0.499. The Morgan fingerprint density at radius 2 is 2.03 bits per heavy atom. The molecule has 0 bridgehead atoms. The molecule has 2 heterocycles. The van der Waals surface area contributed by atoms with E-state index in [1.165, 1.54) is 16.8 Å². The Morgan fingerprint density at radius 3 is 2.60 bits per heavy atom. The summed E-state index contributed by atoms with van der Waals surface area (Å²) in [5.41, 5.74) is -2.12. The maximum absolute atomic E-state index is 12.4. The van der Waals surface area contributed by atoms with E-state index in [-0.39, 0.29) is 36.4 Å². The first kappa shape index (κ1) is 28.9. The van der Waals surface area contributed by atoms with Crippen LogP contribution in [0, 0.1) is 35.5 Å². The second-order valence-electron chi connectivity index (χ2n) is 9.47. The van der Waals surface area contributed by atoms with Crippen molar-refractivity contribution in [1.82, 2.24) is 9.55 Å². The van der Waals surface area contributed by atoms with Gasteiger partial charge in [0.1, 0.15) is 0 Å². The molecule has 1 aliphatic heterocycles. The second kappa shape index (κ2) is 13.1. The molecule has 11 heteroatoms. The Morgan fingerprint density at radius 1 is 1.31 bits per heavy atom. The van der Waals surface area contributed by atoms with E-state index >= 15 is 0 Å². The van der Waals surface area contributed by atoms with Crippen molar-refractivity contribution in [3.8, 4) is 12.3 Å². The number of aromatic nitrogens is 2. The van der Waals surface area contributed by atoms with Crippen LogP contribution in [0.3, 0.4) is 0 Å². The number of ether oxygens (including phenoxy) is 3. The topological polar surface area (TPSA) is 126 Å². The molecule has 1 aromatic heterocycles. The number of hydrogen-bond acceptors (Lipinski definition) is 8. The van der Waals surface area contributed by atoms with E-state index in [1.807, 2.05) is 27.7 Å². The quantitative estimate of drug-likeness (QED) is 0.186. The highest BCUT2D eigenvalue weighted by atomic mass is 31.1. The van der Waals surface area contributed by atoms with E-state index in [4.69, 9.17) is 25.2 Å². The van der Waals surface area contributed by atoms with Crippen molar-refractivity contribution in [1.29, 1.82) is 0 Å². The van der Waals surface area contributed by atoms with Crippen molar-refractivity contribution in [2.75, 3.05) is 19.8 Å². The van der Waals surface area contributed by atoms with Crippen LogP contribution in [-0.2, 0) is 28.1 Å². The van der Waals surface area contributed by atoms with Gasteiger partial charge in [0.25, 0.3) is 5.56 Å². The zero-order chi connectivity index (χ0) is 26.2. The van der Waals surface area contributed by atoms with Gasteiger partial charge in [-0.1, -0.05) is 19.8 Å². The van der Waals surface area contributed by atoms with Gasteiger partial charge < -0.3 is 14.2 Å². The van der Waals surface area contributed by atoms with Crippen molar-refractivity contribution in [2.45, 2.75) is 65.9 Å². The molecule has 1 saturated heterocycles. The maximum atomic E-state index is 12.4. The van der Waals surface area contributed by atoms with Crippen LogP contribution < -0.4 is 11.2 Å². The van der Waals surface area contributed by atoms with Gasteiger partial charge in [0, 0.05) is 31.4 Å². The summed E-state index contributed by atoms with van der Waals surface area (Å²) in [5, 5.41) is 0. The second-order valence-corrected chi connectivity index (χ2v) is 9.88. The zero-order valence-electron chi connectivity index (χ0n) is 20.9. The van der Waals surface area contributed by atoms with Crippen molar-refractivity contribution in [2.24, 2.45) is 23.2 Å². The van der Waals surface area contributed by atoms with E-state index in [0.29, 0.717) is 26.1 Å². The van der Waals surface area contributed by atoms with Crippen molar-refractivity contribution in [3.63, 3.8) is 0 Å². The highest BCUT2D eigenvalue weighted by Gasteiger charge is 2.53. The first-order valence-electron chi connectivity index (χ1n) is 11.7. The molecule has 1 aliphatic rings. The van der Waals surface area contributed by atoms with E-state index < -0.39 is 37.7 Å². The number of aromatic amines is 1. The Kier molecular flexibility index (Phi) is 10.8. The SMILES string of the molecule is C#C[C@]1(C)[C@H](CCOCCC(C(=O)OC(C)C)C(C)C)[C@@H](COP=O)O[C@H]1n1ccc(=O)[nH]c1=O. The van der Waals surface area contributed by atoms with Gasteiger partial charge in [-0.2, -0.15) is 0 Å². The zero-order valence-corrected chi connectivity index (χ0v) is 21.8.